The molecule has 0 aromatic heterocycles. The van der Waals surface area contributed by atoms with Crippen LogP contribution in [-0.2, 0) is 4.74 Å². The fourth-order valence-electron chi connectivity index (χ4n) is 2.65. The molecular formula is C15H22N2O3. The van der Waals surface area contributed by atoms with Crippen molar-refractivity contribution >= 4 is 17.3 Å². The number of anilines is 2. The number of hydrogen-bond acceptors (Lipinski definition) is 4. The van der Waals surface area contributed by atoms with Crippen LogP contribution in [0.4, 0.5) is 11.4 Å². The van der Waals surface area contributed by atoms with E-state index in [2.05, 4.69) is 6.92 Å². The summed E-state index contributed by atoms with van der Waals surface area (Å²) < 4.78 is 5.79. The maximum atomic E-state index is 11.4. The molecule has 0 spiro atoms. The van der Waals surface area contributed by atoms with E-state index in [-0.39, 0.29) is 11.7 Å². The Morgan fingerprint density at radius 2 is 2.35 bits per heavy atom. The summed E-state index contributed by atoms with van der Waals surface area (Å²) in [6.45, 7) is 4.35. The number of carboxylic acid groups (broad SMARTS) is 1. The molecule has 5 nitrogen and oxygen atoms in total. The number of rotatable bonds is 5. The molecule has 1 saturated heterocycles. The number of nitrogens with zero attached hydrogens (tertiary/aromatic N) is 1. The van der Waals surface area contributed by atoms with E-state index in [0.29, 0.717) is 17.9 Å². The van der Waals surface area contributed by atoms with Gasteiger partial charge in [0.2, 0.25) is 0 Å². The lowest BCUT2D eigenvalue weighted by Crippen LogP contribution is -2.40. The van der Waals surface area contributed by atoms with E-state index in [1.807, 2.05) is 4.90 Å². The zero-order valence-electron chi connectivity index (χ0n) is 11.8. The van der Waals surface area contributed by atoms with Crippen molar-refractivity contribution < 1.29 is 14.6 Å². The summed E-state index contributed by atoms with van der Waals surface area (Å²) in [5.41, 5.74) is 7.40. The van der Waals surface area contributed by atoms with Gasteiger partial charge in [0.1, 0.15) is 0 Å². The maximum Gasteiger partial charge on any atom is 0.337 e. The van der Waals surface area contributed by atoms with E-state index >= 15 is 0 Å². The monoisotopic (exact) mass is 278 g/mol. The number of carboxylic acids is 1. The number of hydrogen-bond donors (Lipinski definition) is 2. The summed E-state index contributed by atoms with van der Waals surface area (Å²) in [5.74, 6) is -0.941. The highest BCUT2D eigenvalue weighted by Gasteiger charge is 2.25. The van der Waals surface area contributed by atoms with Crippen LogP contribution in [0.5, 0.6) is 0 Å². The van der Waals surface area contributed by atoms with Gasteiger partial charge < -0.3 is 20.5 Å². The molecule has 1 fully saturated rings. The fourth-order valence-corrected chi connectivity index (χ4v) is 2.65. The van der Waals surface area contributed by atoms with Crippen molar-refractivity contribution in [2.75, 3.05) is 30.3 Å². The van der Waals surface area contributed by atoms with Crippen molar-refractivity contribution in [3.63, 3.8) is 0 Å². The standard InChI is InChI=1S/C15H22N2O3/c1-2-9-20-11-5-4-8-17(10-11)14-12(15(18)19)6-3-7-13(14)16/h3,6-7,11H,2,4-5,8-10,16H2,1H3,(H,18,19). The van der Waals surface area contributed by atoms with E-state index in [1.54, 1.807) is 18.2 Å². The van der Waals surface area contributed by atoms with E-state index in [0.717, 1.165) is 32.4 Å². The summed E-state index contributed by atoms with van der Waals surface area (Å²) >= 11 is 0. The lowest BCUT2D eigenvalue weighted by Gasteiger charge is -2.35. The van der Waals surface area contributed by atoms with E-state index in [9.17, 15) is 9.90 Å². The van der Waals surface area contributed by atoms with Crippen molar-refractivity contribution in [2.24, 2.45) is 0 Å². The molecule has 1 heterocycles. The van der Waals surface area contributed by atoms with Crippen molar-refractivity contribution in [2.45, 2.75) is 32.3 Å². The van der Waals surface area contributed by atoms with E-state index in [1.165, 1.54) is 0 Å². The first-order valence-corrected chi connectivity index (χ1v) is 7.11. The highest BCUT2D eigenvalue weighted by atomic mass is 16.5. The maximum absolute atomic E-state index is 11.4. The average molecular weight is 278 g/mol. The number of nitrogens with two attached hydrogens (primary N) is 1. The Morgan fingerprint density at radius 1 is 1.55 bits per heavy atom. The van der Waals surface area contributed by atoms with Crippen molar-refractivity contribution in [3.8, 4) is 0 Å². The quantitative estimate of drug-likeness (QED) is 0.809. The van der Waals surface area contributed by atoms with Crippen LogP contribution >= 0.6 is 0 Å². The Labute approximate surface area is 119 Å². The minimum Gasteiger partial charge on any atom is -0.478 e. The molecule has 0 aliphatic carbocycles. The molecule has 3 N–H and O–H groups in total. The SMILES string of the molecule is CCCOC1CCCN(c2c(N)cccc2C(=O)O)C1. The Hall–Kier alpha value is -1.75. The summed E-state index contributed by atoms with van der Waals surface area (Å²) in [6, 6.07) is 5.03. The van der Waals surface area contributed by atoms with Crippen LogP contribution in [0, 0.1) is 0 Å². The first kappa shape index (κ1) is 14.7. The van der Waals surface area contributed by atoms with Gasteiger partial charge in [-0.2, -0.15) is 0 Å². The number of ether oxygens (including phenoxy) is 1. The molecule has 1 aliphatic rings. The fraction of sp³-hybridized carbons (Fsp3) is 0.533. The smallest absolute Gasteiger partial charge is 0.337 e. The highest BCUT2D eigenvalue weighted by Crippen LogP contribution is 2.31. The molecule has 2 rings (SSSR count). The molecule has 1 atom stereocenters. The third kappa shape index (κ3) is 3.22. The zero-order valence-corrected chi connectivity index (χ0v) is 11.8. The Balaban J connectivity index is 2.20. The predicted molar refractivity (Wildman–Crippen MR) is 79.3 cm³/mol. The van der Waals surface area contributed by atoms with Gasteiger partial charge in [-0.15, -0.1) is 0 Å². The molecule has 1 aromatic rings. The van der Waals surface area contributed by atoms with Crippen LogP contribution in [0.15, 0.2) is 18.2 Å². The van der Waals surface area contributed by atoms with Crippen LogP contribution in [0.2, 0.25) is 0 Å². The van der Waals surface area contributed by atoms with Crippen LogP contribution in [0.1, 0.15) is 36.5 Å². The summed E-state index contributed by atoms with van der Waals surface area (Å²) in [4.78, 5) is 13.4. The molecule has 5 heteroatoms. The molecular weight excluding hydrogens is 256 g/mol. The number of para-hydroxylation sites is 1. The second kappa shape index (κ2) is 6.61. The van der Waals surface area contributed by atoms with Gasteiger partial charge in [0.05, 0.1) is 23.0 Å². The third-order valence-corrected chi connectivity index (χ3v) is 3.55. The number of nitrogen functional groups attached to an aromatic ring is 1. The second-order valence-corrected chi connectivity index (χ2v) is 5.13. The highest BCUT2D eigenvalue weighted by molar-refractivity contribution is 5.98. The van der Waals surface area contributed by atoms with Gasteiger partial charge in [-0.3, -0.25) is 0 Å². The van der Waals surface area contributed by atoms with Gasteiger partial charge >= 0.3 is 5.97 Å². The number of carbonyl (C=O) groups is 1. The molecule has 0 amide bonds. The Bertz CT molecular complexity index is 476. The van der Waals surface area contributed by atoms with Gasteiger partial charge in [-0.25, -0.2) is 4.79 Å². The minimum atomic E-state index is -0.941. The number of piperidine rings is 1. The minimum absolute atomic E-state index is 0.157. The van der Waals surface area contributed by atoms with Crippen LogP contribution in [0.3, 0.4) is 0 Å². The average Bonchev–Trinajstić information content (AvgIpc) is 2.45. The Kier molecular flexibility index (Phi) is 4.84. The van der Waals surface area contributed by atoms with Crippen molar-refractivity contribution in [1.82, 2.24) is 0 Å². The van der Waals surface area contributed by atoms with Crippen molar-refractivity contribution in [3.05, 3.63) is 23.8 Å². The van der Waals surface area contributed by atoms with Gasteiger partial charge in [-0.05, 0) is 31.4 Å². The summed E-state index contributed by atoms with van der Waals surface area (Å²) in [7, 11) is 0. The van der Waals surface area contributed by atoms with E-state index in [4.69, 9.17) is 10.5 Å². The van der Waals surface area contributed by atoms with Crippen LogP contribution in [0.25, 0.3) is 0 Å². The molecule has 110 valence electrons. The van der Waals surface area contributed by atoms with Gasteiger partial charge in [0, 0.05) is 19.7 Å². The first-order chi connectivity index (χ1) is 9.63. The van der Waals surface area contributed by atoms with Gasteiger partial charge in [-0.1, -0.05) is 13.0 Å². The molecule has 1 unspecified atom stereocenters. The molecule has 1 aromatic carbocycles. The topological polar surface area (TPSA) is 75.8 Å². The predicted octanol–water partition coefficient (Wildman–Crippen LogP) is 2.36. The lowest BCUT2D eigenvalue weighted by molar-refractivity contribution is 0.0439. The van der Waals surface area contributed by atoms with Crippen LogP contribution < -0.4 is 10.6 Å². The van der Waals surface area contributed by atoms with Gasteiger partial charge in [0.15, 0.2) is 0 Å². The van der Waals surface area contributed by atoms with E-state index < -0.39 is 5.97 Å². The van der Waals surface area contributed by atoms with Crippen LogP contribution in [-0.4, -0.2) is 36.9 Å². The summed E-state index contributed by atoms with van der Waals surface area (Å²) in [6.07, 6.45) is 3.16. The Morgan fingerprint density at radius 3 is 3.05 bits per heavy atom. The van der Waals surface area contributed by atoms with Gasteiger partial charge in [0.25, 0.3) is 0 Å². The van der Waals surface area contributed by atoms with Crippen molar-refractivity contribution in [1.29, 1.82) is 0 Å². The third-order valence-electron chi connectivity index (χ3n) is 3.55. The molecule has 0 radical (unpaired) electrons. The normalized spacial score (nSPS) is 19.1. The molecule has 0 bridgehead atoms. The largest absolute Gasteiger partial charge is 0.478 e. The number of aromatic carboxylic acids is 1. The molecule has 1 aliphatic heterocycles. The first-order valence-electron chi connectivity index (χ1n) is 7.11. The lowest BCUT2D eigenvalue weighted by atomic mass is 10.0. The second-order valence-electron chi connectivity index (χ2n) is 5.13. The molecule has 0 saturated carbocycles. The summed E-state index contributed by atoms with van der Waals surface area (Å²) in [5, 5.41) is 9.31. The zero-order chi connectivity index (χ0) is 14.5. The molecule has 20 heavy (non-hydrogen) atoms. The number of benzene rings is 1.